The van der Waals surface area contributed by atoms with Gasteiger partial charge in [0.1, 0.15) is 12.1 Å². The summed E-state index contributed by atoms with van der Waals surface area (Å²) in [4.78, 5) is 39.8. The van der Waals surface area contributed by atoms with Crippen molar-refractivity contribution in [3.8, 4) is 0 Å². The Kier molecular flexibility index (Phi) is 6.60. The molecule has 10 nitrogen and oxygen atoms in total. The number of nitro benzene ring substituents is 1. The maximum Gasteiger partial charge on any atom is 0.272 e. The summed E-state index contributed by atoms with van der Waals surface area (Å²) in [6, 6.07) is 12.3. The van der Waals surface area contributed by atoms with Crippen LogP contribution in [0.5, 0.6) is 0 Å². The molecular weight excluding hydrogens is 438 g/mol. The molecule has 11 heteroatoms. The highest BCUT2D eigenvalue weighted by atomic mass is 32.2. The van der Waals surface area contributed by atoms with E-state index in [-0.39, 0.29) is 12.0 Å². The number of amides is 2. The molecule has 170 valence electrons. The highest BCUT2D eigenvalue weighted by molar-refractivity contribution is 7.85. The number of carbonyl (C=O) groups excluding carboxylic acids is 2. The van der Waals surface area contributed by atoms with Gasteiger partial charge in [-0.25, -0.2) is 0 Å². The summed E-state index contributed by atoms with van der Waals surface area (Å²) < 4.78 is 33.1. The fourth-order valence-corrected chi connectivity index (χ4v) is 4.93. The van der Waals surface area contributed by atoms with Gasteiger partial charge in [0, 0.05) is 38.1 Å². The van der Waals surface area contributed by atoms with Crippen LogP contribution in [0.2, 0.25) is 0 Å². The van der Waals surface area contributed by atoms with E-state index in [2.05, 4.69) is 0 Å². The number of rotatable bonds is 7. The molecule has 1 aliphatic heterocycles. The van der Waals surface area contributed by atoms with Gasteiger partial charge >= 0.3 is 0 Å². The Bertz CT molecular complexity index is 1140. The standard InChI is InChI=1S/C21H23N3O7S/c1-22-18(12-14-8-4-3-5-9-14)20(25)23(2)19(21(22)26)16(13-32(29,30)31)15-10-6-7-11-17(15)24(27)28/h3-11,16,18-19H,12-13H2,1-2H3,(H,29,30,31). The maximum atomic E-state index is 13.3. The van der Waals surface area contributed by atoms with Gasteiger partial charge in [-0.15, -0.1) is 0 Å². The molecule has 3 rings (SSSR count). The largest absolute Gasteiger partial charge is 0.332 e. The van der Waals surface area contributed by atoms with E-state index in [9.17, 15) is 32.7 Å². The Morgan fingerprint density at radius 2 is 1.59 bits per heavy atom. The number of piperazine rings is 1. The lowest BCUT2D eigenvalue weighted by atomic mass is 9.87. The number of likely N-dealkylation sites (N-methyl/N-ethyl adjacent to an activating group) is 2. The minimum atomic E-state index is -4.64. The van der Waals surface area contributed by atoms with E-state index in [1.807, 2.05) is 30.3 Å². The zero-order chi connectivity index (χ0) is 23.6. The third-order valence-corrected chi connectivity index (χ3v) is 6.47. The van der Waals surface area contributed by atoms with Crippen LogP contribution in [-0.4, -0.2) is 71.4 Å². The molecule has 0 aromatic heterocycles. The Hall–Kier alpha value is -3.31. The molecule has 3 atom stereocenters. The molecule has 0 aliphatic carbocycles. The van der Waals surface area contributed by atoms with Crippen molar-refractivity contribution in [1.29, 1.82) is 0 Å². The van der Waals surface area contributed by atoms with Gasteiger partial charge in [-0.2, -0.15) is 8.42 Å². The van der Waals surface area contributed by atoms with Crippen molar-refractivity contribution in [1.82, 2.24) is 9.80 Å². The van der Waals surface area contributed by atoms with Crippen molar-refractivity contribution in [2.75, 3.05) is 19.8 Å². The average molecular weight is 461 g/mol. The van der Waals surface area contributed by atoms with E-state index >= 15 is 0 Å². The van der Waals surface area contributed by atoms with Crippen LogP contribution in [0.3, 0.4) is 0 Å². The molecule has 1 heterocycles. The van der Waals surface area contributed by atoms with Gasteiger partial charge in [0.15, 0.2) is 0 Å². The smallest absolute Gasteiger partial charge is 0.272 e. The zero-order valence-electron chi connectivity index (χ0n) is 17.5. The highest BCUT2D eigenvalue weighted by Gasteiger charge is 2.48. The summed E-state index contributed by atoms with van der Waals surface area (Å²) in [6.45, 7) is 0. The third-order valence-electron chi connectivity index (χ3n) is 5.69. The molecule has 2 amide bonds. The third kappa shape index (κ3) is 4.78. The molecule has 2 aromatic rings. The average Bonchev–Trinajstić information content (AvgIpc) is 2.74. The van der Waals surface area contributed by atoms with Gasteiger partial charge in [0.25, 0.3) is 15.8 Å². The second-order valence-corrected chi connectivity index (χ2v) is 9.22. The molecule has 1 aliphatic rings. The van der Waals surface area contributed by atoms with Gasteiger partial charge in [0.05, 0.1) is 10.7 Å². The van der Waals surface area contributed by atoms with Crippen molar-refractivity contribution in [3.63, 3.8) is 0 Å². The molecule has 0 saturated carbocycles. The first-order valence-corrected chi connectivity index (χ1v) is 11.4. The Morgan fingerprint density at radius 1 is 1.00 bits per heavy atom. The van der Waals surface area contributed by atoms with Crippen LogP contribution >= 0.6 is 0 Å². The summed E-state index contributed by atoms with van der Waals surface area (Å²) >= 11 is 0. The van der Waals surface area contributed by atoms with Crippen LogP contribution in [0.15, 0.2) is 54.6 Å². The summed E-state index contributed by atoms with van der Waals surface area (Å²) in [7, 11) is -1.83. The van der Waals surface area contributed by atoms with E-state index in [1.54, 1.807) is 0 Å². The summed E-state index contributed by atoms with van der Waals surface area (Å²) in [6.07, 6.45) is 0.257. The van der Waals surface area contributed by atoms with Gasteiger partial charge in [0.2, 0.25) is 11.8 Å². The summed E-state index contributed by atoms with van der Waals surface area (Å²) in [5, 5.41) is 11.5. The van der Waals surface area contributed by atoms with Crippen LogP contribution in [0.4, 0.5) is 5.69 Å². The van der Waals surface area contributed by atoms with Gasteiger partial charge < -0.3 is 9.80 Å². The lowest BCUT2D eigenvalue weighted by molar-refractivity contribution is -0.385. The number of hydrogen-bond acceptors (Lipinski definition) is 6. The van der Waals surface area contributed by atoms with Crippen LogP contribution in [0, 0.1) is 10.1 Å². The number of nitrogens with zero attached hydrogens (tertiary/aromatic N) is 3. The topological polar surface area (TPSA) is 138 Å². The predicted molar refractivity (Wildman–Crippen MR) is 116 cm³/mol. The minimum absolute atomic E-state index is 0.0527. The van der Waals surface area contributed by atoms with Crippen molar-refractivity contribution in [2.24, 2.45) is 0 Å². The van der Waals surface area contributed by atoms with Gasteiger partial charge in [-0.1, -0.05) is 48.5 Å². The van der Waals surface area contributed by atoms with Gasteiger partial charge in [-0.05, 0) is 5.56 Å². The van der Waals surface area contributed by atoms with Crippen molar-refractivity contribution in [3.05, 3.63) is 75.8 Å². The number of carbonyl (C=O) groups is 2. The molecular formula is C21H23N3O7S. The fourth-order valence-electron chi connectivity index (χ4n) is 4.11. The molecule has 0 bridgehead atoms. The van der Waals surface area contributed by atoms with Crippen LogP contribution in [0.1, 0.15) is 17.0 Å². The maximum absolute atomic E-state index is 13.3. The Labute approximate surface area is 185 Å². The quantitative estimate of drug-likeness (QED) is 0.374. The van der Waals surface area contributed by atoms with E-state index < -0.39 is 56.3 Å². The van der Waals surface area contributed by atoms with E-state index in [0.29, 0.717) is 0 Å². The van der Waals surface area contributed by atoms with Crippen molar-refractivity contribution < 1.29 is 27.5 Å². The molecule has 32 heavy (non-hydrogen) atoms. The first kappa shape index (κ1) is 23.4. The Balaban J connectivity index is 2.04. The van der Waals surface area contributed by atoms with E-state index in [4.69, 9.17) is 0 Å². The lowest BCUT2D eigenvalue weighted by Gasteiger charge is -2.44. The van der Waals surface area contributed by atoms with Crippen LogP contribution in [-0.2, 0) is 26.1 Å². The molecule has 1 N–H and O–H groups in total. The number of hydrogen-bond donors (Lipinski definition) is 1. The normalized spacial score (nSPS) is 20.3. The zero-order valence-corrected chi connectivity index (χ0v) is 18.3. The fraction of sp³-hybridized carbons (Fsp3) is 0.333. The Morgan fingerprint density at radius 3 is 2.19 bits per heavy atom. The van der Waals surface area contributed by atoms with Crippen molar-refractivity contribution >= 4 is 27.6 Å². The number of nitro groups is 1. The molecule has 2 aromatic carbocycles. The lowest BCUT2D eigenvalue weighted by Crippen LogP contribution is -2.64. The monoisotopic (exact) mass is 461 g/mol. The molecule has 1 fully saturated rings. The second-order valence-electron chi connectivity index (χ2n) is 7.72. The predicted octanol–water partition coefficient (Wildman–Crippen LogP) is 1.48. The number of benzene rings is 2. The first-order valence-electron chi connectivity index (χ1n) is 9.77. The van der Waals surface area contributed by atoms with Crippen LogP contribution in [0.25, 0.3) is 0 Å². The molecule has 1 saturated heterocycles. The van der Waals surface area contributed by atoms with E-state index in [0.717, 1.165) is 10.5 Å². The summed E-state index contributed by atoms with van der Waals surface area (Å²) in [5.74, 6) is -3.30. The minimum Gasteiger partial charge on any atom is -0.332 e. The van der Waals surface area contributed by atoms with E-state index in [1.165, 1.54) is 43.3 Å². The van der Waals surface area contributed by atoms with Crippen LogP contribution < -0.4 is 0 Å². The second kappa shape index (κ2) is 9.05. The first-order chi connectivity index (χ1) is 15.0. The molecule has 0 radical (unpaired) electrons. The molecule has 0 spiro atoms. The highest BCUT2D eigenvalue weighted by Crippen LogP contribution is 2.35. The summed E-state index contributed by atoms with van der Waals surface area (Å²) in [5.41, 5.74) is 0.387. The van der Waals surface area contributed by atoms with Gasteiger partial charge in [-0.3, -0.25) is 24.3 Å². The van der Waals surface area contributed by atoms with Crippen molar-refractivity contribution in [2.45, 2.75) is 24.4 Å². The molecule has 3 unspecified atom stereocenters. The number of para-hydroxylation sites is 1. The SMILES string of the molecule is CN1C(=O)C(C(CS(=O)(=O)O)c2ccccc2[N+](=O)[O-])N(C)C(=O)C1Cc1ccccc1.